The highest BCUT2D eigenvalue weighted by Gasteiger charge is 2.18. The van der Waals surface area contributed by atoms with E-state index in [-0.39, 0.29) is 12.5 Å². The average molecular weight is 364 g/mol. The van der Waals surface area contributed by atoms with Crippen LogP contribution in [0.5, 0.6) is 0 Å². The Kier molecular flexibility index (Phi) is 4.55. The monoisotopic (exact) mass is 363 g/mol. The van der Waals surface area contributed by atoms with E-state index in [1.807, 2.05) is 6.92 Å². The fourth-order valence-corrected chi connectivity index (χ4v) is 3.73. The number of anilines is 1. The van der Waals surface area contributed by atoms with Gasteiger partial charge in [0.05, 0.1) is 18.3 Å². The van der Waals surface area contributed by atoms with Crippen LogP contribution in [0.15, 0.2) is 30.6 Å². The summed E-state index contributed by atoms with van der Waals surface area (Å²) in [6.07, 6.45) is 3.49. The fourth-order valence-electron chi connectivity index (χ4n) is 2.27. The number of hydrogen-bond donors (Lipinski definition) is 1. The van der Waals surface area contributed by atoms with Gasteiger partial charge in [0.2, 0.25) is 5.91 Å². The molecule has 1 amide bonds. The van der Waals surface area contributed by atoms with Gasteiger partial charge in [0.15, 0.2) is 0 Å². The molecule has 0 unspecified atom stereocenters. The Morgan fingerprint density at radius 3 is 2.88 bits per heavy atom. The number of amides is 1. The van der Waals surface area contributed by atoms with Gasteiger partial charge in [-0.15, -0.1) is 11.3 Å². The van der Waals surface area contributed by atoms with E-state index in [4.69, 9.17) is 16.3 Å². The van der Waals surface area contributed by atoms with Crippen molar-refractivity contribution < 1.29 is 14.3 Å². The van der Waals surface area contributed by atoms with Gasteiger partial charge in [0.1, 0.15) is 11.4 Å². The number of methoxy groups -OCH3 is 1. The number of carbonyl (C=O) groups is 2. The lowest BCUT2D eigenvalue weighted by atomic mass is 10.2. The van der Waals surface area contributed by atoms with E-state index in [0.29, 0.717) is 15.6 Å². The molecule has 24 heavy (non-hydrogen) atoms. The van der Waals surface area contributed by atoms with Gasteiger partial charge in [0.25, 0.3) is 0 Å². The maximum absolute atomic E-state index is 12.1. The zero-order chi connectivity index (χ0) is 17.3. The van der Waals surface area contributed by atoms with Crippen molar-refractivity contribution in [3.05, 3.63) is 46.1 Å². The molecule has 0 saturated carbocycles. The summed E-state index contributed by atoms with van der Waals surface area (Å²) >= 11 is 7.44. The highest BCUT2D eigenvalue weighted by Crippen LogP contribution is 2.37. The number of nitrogens with one attached hydrogen (secondary N) is 1. The molecule has 0 bridgehead atoms. The Bertz CT molecular complexity index is 932. The molecule has 0 aliphatic rings. The Morgan fingerprint density at radius 1 is 1.42 bits per heavy atom. The normalized spacial score (nSPS) is 10.8. The molecule has 0 aliphatic carbocycles. The number of aromatic nitrogens is 2. The molecule has 2 heterocycles. The van der Waals surface area contributed by atoms with Gasteiger partial charge in [-0.05, 0) is 30.7 Å². The second-order valence-corrected chi connectivity index (χ2v) is 6.64. The van der Waals surface area contributed by atoms with Gasteiger partial charge in [-0.2, -0.15) is 5.10 Å². The first-order valence-corrected chi connectivity index (χ1v) is 8.26. The summed E-state index contributed by atoms with van der Waals surface area (Å²) in [5.74, 6) is -0.658. The molecule has 2 aromatic heterocycles. The van der Waals surface area contributed by atoms with Crippen LogP contribution in [0.2, 0.25) is 5.02 Å². The van der Waals surface area contributed by atoms with Gasteiger partial charge in [-0.3, -0.25) is 9.48 Å². The molecule has 1 aromatic carbocycles. The van der Waals surface area contributed by atoms with Gasteiger partial charge in [0, 0.05) is 22.0 Å². The number of fused-ring (bicyclic) bond motifs is 1. The van der Waals surface area contributed by atoms with Gasteiger partial charge in [-0.1, -0.05) is 11.6 Å². The van der Waals surface area contributed by atoms with Crippen LogP contribution in [0.1, 0.15) is 15.2 Å². The zero-order valence-electron chi connectivity index (χ0n) is 13.0. The number of halogens is 1. The molecule has 3 rings (SSSR count). The molecule has 124 valence electrons. The third-order valence-corrected chi connectivity index (χ3v) is 4.99. The van der Waals surface area contributed by atoms with E-state index >= 15 is 0 Å². The Labute approximate surface area is 147 Å². The number of benzene rings is 1. The second-order valence-electron chi connectivity index (χ2n) is 5.21. The second kappa shape index (κ2) is 6.62. The van der Waals surface area contributed by atoms with Gasteiger partial charge >= 0.3 is 5.97 Å². The van der Waals surface area contributed by atoms with Crippen molar-refractivity contribution >= 4 is 50.6 Å². The van der Waals surface area contributed by atoms with Crippen molar-refractivity contribution in [1.29, 1.82) is 0 Å². The van der Waals surface area contributed by atoms with Crippen molar-refractivity contribution in [2.75, 3.05) is 12.4 Å². The van der Waals surface area contributed by atoms with Gasteiger partial charge < -0.3 is 10.1 Å². The van der Waals surface area contributed by atoms with E-state index in [1.165, 1.54) is 18.4 Å². The first-order valence-electron chi connectivity index (χ1n) is 7.07. The highest BCUT2D eigenvalue weighted by atomic mass is 35.5. The van der Waals surface area contributed by atoms with Gasteiger partial charge in [-0.25, -0.2) is 4.79 Å². The van der Waals surface area contributed by atoms with Crippen LogP contribution in [-0.4, -0.2) is 28.8 Å². The van der Waals surface area contributed by atoms with E-state index in [1.54, 1.807) is 35.3 Å². The molecule has 6 nitrogen and oxygen atoms in total. The number of aryl methyl sites for hydroxylation is 1. The van der Waals surface area contributed by atoms with Crippen LogP contribution in [0.4, 0.5) is 5.69 Å². The Balaban J connectivity index is 1.80. The third kappa shape index (κ3) is 3.27. The molecule has 1 N–H and O–H groups in total. The molecular formula is C16H14ClN3O3S. The number of esters is 1. The average Bonchev–Trinajstić information content (AvgIpc) is 3.10. The number of hydrogen-bond acceptors (Lipinski definition) is 5. The van der Waals surface area contributed by atoms with Crippen LogP contribution in [-0.2, 0) is 16.1 Å². The predicted molar refractivity (Wildman–Crippen MR) is 93.8 cm³/mol. The molecular weight excluding hydrogens is 350 g/mol. The maximum Gasteiger partial charge on any atom is 0.349 e. The first-order chi connectivity index (χ1) is 11.5. The van der Waals surface area contributed by atoms with Crippen LogP contribution >= 0.6 is 22.9 Å². The lowest BCUT2D eigenvalue weighted by molar-refractivity contribution is -0.116. The molecule has 0 fully saturated rings. The SMILES string of the molecule is COC(=O)c1sc2cc(NC(=O)Cn3cc(C)cn3)ccc2c1Cl. The third-order valence-electron chi connectivity index (χ3n) is 3.35. The molecule has 3 aromatic rings. The zero-order valence-corrected chi connectivity index (χ0v) is 14.6. The van der Waals surface area contributed by atoms with E-state index in [0.717, 1.165) is 15.6 Å². The minimum absolute atomic E-state index is 0.129. The van der Waals surface area contributed by atoms with Crippen LogP contribution in [0.25, 0.3) is 10.1 Å². The molecule has 0 atom stereocenters. The standard InChI is InChI=1S/C16H14ClN3O3S/c1-9-6-18-20(7-9)8-13(21)19-10-3-4-11-12(5-10)24-15(14(11)17)16(22)23-2/h3-7H,8H2,1-2H3,(H,19,21). The Hall–Kier alpha value is -2.38. The summed E-state index contributed by atoms with van der Waals surface area (Å²) in [7, 11) is 1.31. The lowest BCUT2D eigenvalue weighted by Gasteiger charge is -2.05. The topological polar surface area (TPSA) is 73.2 Å². The van der Waals surface area contributed by atoms with Crippen LogP contribution in [0, 0.1) is 6.92 Å². The van der Waals surface area contributed by atoms with Crippen molar-refractivity contribution in [2.45, 2.75) is 13.5 Å². The smallest absolute Gasteiger partial charge is 0.349 e. The van der Waals surface area contributed by atoms with E-state index in [2.05, 4.69) is 10.4 Å². The van der Waals surface area contributed by atoms with Crippen molar-refractivity contribution in [1.82, 2.24) is 9.78 Å². The van der Waals surface area contributed by atoms with E-state index in [9.17, 15) is 9.59 Å². The number of carbonyl (C=O) groups excluding carboxylic acids is 2. The number of thiophene rings is 1. The van der Waals surface area contributed by atoms with E-state index < -0.39 is 5.97 Å². The van der Waals surface area contributed by atoms with Crippen molar-refractivity contribution in [3.8, 4) is 0 Å². The quantitative estimate of drug-likeness (QED) is 0.720. The number of ether oxygens (including phenoxy) is 1. The molecule has 0 spiro atoms. The molecule has 0 aliphatic heterocycles. The molecule has 8 heteroatoms. The maximum atomic E-state index is 12.1. The minimum atomic E-state index is -0.471. The first kappa shape index (κ1) is 16.5. The largest absolute Gasteiger partial charge is 0.465 e. The summed E-state index contributed by atoms with van der Waals surface area (Å²) < 4.78 is 7.09. The molecule has 0 radical (unpaired) electrons. The summed E-state index contributed by atoms with van der Waals surface area (Å²) in [6, 6.07) is 5.30. The van der Waals surface area contributed by atoms with Crippen molar-refractivity contribution in [2.24, 2.45) is 0 Å². The summed E-state index contributed by atoms with van der Waals surface area (Å²) in [5, 5.41) is 8.01. The summed E-state index contributed by atoms with van der Waals surface area (Å²) in [4.78, 5) is 24.1. The number of rotatable bonds is 4. The lowest BCUT2D eigenvalue weighted by Crippen LogP contribution is -2.18. The predicted octanol–water partition coefficient (Wildman–Crippen LogP) is 3.48. The van der Waals surface area contributed by atoms with Crippen molar-refractivity contribution in [3.63, 3.8) is 0 Å². The fraction of sp³-hybridized carbons (Fsp3) is 0.188. The Morgan fingerprint density at radius 2 is 2.21 bits per heavy atom. The minimum Gasteiger partial charge on any atom is -0.465 e. The van der Waals surface area contributed by atoms with Crippen LogP contribution in [0.3, 0.4) is 0 Å². The highest BCUT2D eigenvalue weighted by molar-refractivity contribution is 7.21. The summed E-state index contributed by atoms with van der Waals surface area (Å²) in [6.45, 7) is 2.04. The summed E-state index contributed by atoms with van der Waals surface area (Å²) in [5.41, 5.74) is 1.62. The number of nitrogens with zero attached hydrogens (tertiary/aromatic N) is 2. The molecule has 0 saturated heterocycles. The van der Waals surface area contributed by atoms with Crippen LogP contribution < -0.4 is 5.32 Å².